The predicted molar refractivity (Wildman–Crippen MR) is 49.7 cm³/mol. The van der Waals surface area contributed by atoms with Crippen LogP contribution in [-0.4, -0.2) is 15.9 Å². The third-order valence-electron chi connectivity index (χ3n) is 1.31. The molecule has 0 saturated carbocycles. The second-order valence-electron chi connectivity index (χ2n) is 2.04. The van der Waals surface area contributed by atoms with Gasteiger partial charge in [0.25, 0.3) is 0 Å². The van der Waals surface area contributed by atoms with Crippen LogP contribution in [0.4, 0.5) is 0 Å². The van der Waals surface area contributed by atoms with Gasteiger partial charge in [-0.2, -0.15) is 0 Å². The van der Waals surface area contributed by atoms with Crippen LogP contribution in [-0.2, 0) is 11.1 Å². The summed E-state index contributed by atoms with van der Waals surface area (Å²) in [6.45, 7) is 0. The first-order chi connectivity index (χ1) is 5.65. The number of hydrogen-bond acceptors (Lipinski definition) is 2. The fraction of sp³-hybridized carbons (Fsp3) is 0.143. The maximum atomic E-state index is 10.7. The molecular formula is C7H7BrO3S. The largest absolute Gasteiger partial charge is 0.495 e. The molecule has 0 aromatic heterocycles. The lowest BCUT2D eigenvalue weighted by atomic mass is 10.3. The highest BCUT2D eigenvalue weighted by Gasteiger charge is 2.07. The predicted octanol–water partition coefficient (Wildman–Crippen LogP) is 2.04. The molecule has 1 aromatic rings. The molecule has 0 aliphatic heterocycles. The van der Waals surface area contributed by atoms with Gasteiger partial charge in [-0.25, -0.2) is 4.21 Å². The molecule has 0 aliphatic rings. The molecule has 0 amide bonds. The number of ether oxygens (including phenoxy) is 1. The fourth-order valence-corrected chi connectivity index (χ4v) is 1.62. The van der Waals surface area contributed by atoms with Gasteiger partial charge < -0.3 is 9.29 Å². The van der Waals surface area contributed by atoms with Gasteiger partial charge in [0.2, 0.25) is 0 Å². The van der Waals surface area contributed by atoms with Crippen molar-refractivity contribution < 1.29 is 13.5 Å². The van der Waals surface area contributed by atoms with Gasteiger partial charge in [0.05, 0.1) is 7.11 Å². The van der Waals surface area contributed by atoms with Crippen LogP contribution < -0.4 is 4.74 Å². The van der Waals surface area contributed by atoms with Gasteiger partial charge in [0.1, 0.15) is 10.6 Å². The minimum absolute atomic E-state index is 0.278. The second kappa shape index (κ2) is 4.02. The van der Waals surface area contributed by atoms with Crippen molar-refractivity contribution >= 4 is 27.0 Å². The van der Waals surface area contributed by atoms with Crippen molar-refractivity contribution in [2.45, 2.75) is 4.90 Å². The molecule has 0 radical (unpaired) electrons. The van der Waals surface area contributed by atoms with E-state index >= 15 is 0 Å². The Kier molecular flexibility index (Phi) is 3.25. The van der Waals surface area contributed by atoms with Crippen LogP contribution in [0.3, 0.4) is 0 Å². The van der Waals surface area contributed by atoms with Gasteiger partial charge in [-0.1, -0.05) is 15.9 Å². The summed E-state index contributed by atoms with van der Waals surface area (Å²) in [5, 5.41) is 0. The van der Waals surface area contributed by atoms with Crippen molar-refractivity contribution in [1.82, 2.24) is 0 Å². The van der Waals surface area contributed by atoms with E-state index in [0.717, 1.165) is 4.47 Å². The van der Waals surface area contributed by atoms with Crippen molar-refractivity contribution in [3.05, 3.63) is 22.7 Å². The second-order valence-corrected chi connectivity index (χ2v) is 3.90. The molecule has 66 valence electrons. The van der Waals surface area contributed by atoms with Gasteiger partial charge in [0.15, 0.2) is 11.1 Å². The third kappa shape index (κ3) is 2.06. The molecule has 0 spiro atoms. The van der Waals surface area contributed by atoms with Crippen LogP contribution in [0.2, 0.25) is 0 Å². The highest BCUT2D eigenvalue weighted by molar-refractivity contribution is 9.10. The summed E-state index contributed by atoms with van der Waals surface area (Å²) in [7, 11) is 1.46. The van der Waals surface area contributed by atoms with E-state index in [1.54, 1.807) is 18.2 Å². The summed E-state index contributed by atoms with van der Waals surface area (Å²) in [4.78, 5) is 0.278. The molecule has 0 saturated heterocycles. The van der Waals surface area contributed by atoms with Crippen molar-refractivity contribution in [3.63, 3.8) is 0 Å². The van der Waals surface area contributed by atoms with Crippen molar-refractivity contribution in [2.24, 2.45) is 0 Å². The number of methoxy groups -OCH3 is 1. The highest BCUT2D eigenvalue weighted by Crippen LogP contribution is 2.25. The average molecular weight is 251 g/mol. The molecule has 1 rings (SSSR count). The maximum Gasteiger partial charge on any atom is 0.190 e. The van der Waals surface area contributed by atoms with Crippen LogP contribution in [0.25, 0.3) is 0 Å². The summed E-state index contributed by atoms with van der Waals surface area (Å²) in [5.74, 6) is 0.408. The molecule has 12 heavy (non-hydrogen) atoms. The van der Waals surface area contributed by atoms with Crippen LogP contribution in [0.5, 0.6) is 5.75 Å². The van der Waals surface area contributed by atoms with Crippen LogP contribution in [0.15, 0.2) is 27.6 Å². The first-order valence-corrected chi connectivity index (χ1v) is 4.99. The Bertz CT molecular complexity index is 314. The van der Waals surface area contributed by atoms with E-state index in [0.29, 0.717) is 5.75 Å². The van der Waals surface area contributed by atoms with Gasteiger partial charge >= 0.3 is 0 Å². The molecule has 1 N–H and O–H groups in total. The first kappa shape index (κ1) is 9.70. The van der Waals surface area contributed by atoms with E-state index in [4.69, 9.17) is 9.29 Å². The molecular weight excluding hydrogens is 244 g/mol. The van der Waals surface area contributed by atoms with Crippen LogP contribution >= 0.6 is 15.9 Å². The number of hydrogen-bond donors (Lipinski definition) is 1. The summed E-state index contributed by atoms with van der Waals surface area (Å²) in [6.07, 6.45) is 0. The fourth-order valence-electron chi connectivity index (χ4n) is 0.786. The minimum Gasteiger partial charge on any atom is -0.495 e. The lowest BCUT2D eigenvalue weighted by molar-refractivity contribution is 0.401. The van der Waals surface area contributed by atoms with Gasteiger partial charge in [-0.05, 0) is 18.2 Å². The van der Waals surface area contributed by atoms with E-state index < -0.39 is 11.1 Å². The zero-order valence-corrected chi connectivity index (χ0v) is 8.68. The van der Waals surface area contributed by atoms with Gasteiger partial charge in [-0.3, -0.25) is 0 Å². The quantitative estimate of drug-likeness (QED) is 0.818. The first-order valence-electron chi connectivity index (χ1n) is 3.09. The van der Waals surface area contributed by atoms with E-state index in [2.05, 4.69) is 15.9 Å². The molecule has 0 heterocycles. The Hall–Kier alpha value is -0.390. The summed E-state index contributed by atoms with van der Waals surface area (Å²) < 4.78 is 25.2. The van der Waals surface area contributed by atoms with E-state index in [1.165, 1.54) is 7.11 Å². The Labute approximate surface area is 81.2 Å². The Morgan fingerprint density at radius 2 is 2.25 bits per heavy atom. The Morgan fingerprint density at radius 3 is 2.75 bits per heavy atom. The molecule has 1 aromatic carbocycles. The standard InChI is InChI=1S/C7H7BrO3S/c1-11-6-4-5(8)2-3-7(6)12(9)10/h2-4H,1H3,(H,9,10). The third-order valence-corrected chi connectivity index (χ3v) is 2.52. The molecule has 0 aliphatic carbocycles. The van der Waals surface area contributed by atoms with Gasteiger partial charge in [-0.15, -0.1) is 0 Å². The van der Waals surface area contributed by atoms with Gasteiger partial charge in [0, 0.05) is 4.47 Å². The monoisotopic (exact) mass is 250 g/mol. The lowest BCUT2D eigenvalue weighted by Crippen LogP contribution is -1.93. The zero-order valence-electron chi connectivity index (χ0n) is 6.28. The number of halogens is 1. The molecule has 1 atom stereocenters. The lowest BCUT2D eigenvalue weighted by Gasteiger charge is -2.04. The highest BCUT2D eigenvalue weighted by atomic mass is 79.9. The smallest absolute Gasteiger partial charge is 0.190 e. The molecule has 1 unspecified atom stereocenters. The normalized spacial score (nSPS) is 12.6. The summed E-state index contributed by atoms with van der Waals surface area (Å²) >= 11 is 1.23. The van der Waals surface area contributed by atoms with E-state index in [-0.39, 0.29) is 4.90 Å². The number of benzene rings is 1. The van der Waals surface area contributed by atoms with E-state index in [9.17, 15) is 4.21 Å². The van der Waals surface area contributed by atoms with E-state index in [1.807, 2.05) is 0 Å². The zero-order chi connectivity index (χ0) is 9.14. The van der Waals surface area contributed by atoms with Crippen LogP contribution in [0, 0.1) is 0 Å². The SMILES string of the molecule is COc1cc(Br)ccc1S(=O)O. The topological polar surface area (TPSA) is 46.5 Å². The van der Waals surface area contributed by atoms with Crippen molar-refractivity contribution in [1.29, 1.82) is 0 Å². The van der Waals surface area contributed by atoms with Crippen LogP contribution in [0.1, 0.15) is 0 Å². The Morgan fingerprint density at radius 1 is 1.58 bits per heavy atom. The summed E-state index contributed by atoms with van der Waals surface area (Å²) in [5.41, 5.74) is 0. The molecule has 0 bridgehead atoms. The summed E-state index contributed by atoms with van der Waals surface area (Å²) in [6, 6.07) is 4.87. The Balaban J connectivity index is 3.20. The average Bonchev–Trinajstić information content (AvgIpc) is 2.03. The molecule has 3 nitrogen and oxygen atoms in total. The van der Waals surface area contributed by atoms with Crippen molar-refractivity contribution in [2.75, 3.05) is 7.11 Å². The maximum absolute atomic E-state index is 10.7. The molecule has 5 heteroatoms. The van der Waals surface area contributed by atoms with Crippen molar-refractivity contribution in [3.8, 4) is 5.75 Å². The molecule has 0 fully saturated rings. The minimum atomic E-state index is -1.99. The number of rotatable bonds is 2.